The molecule has 0 spiro atoms. The summed E-state index contributed by atoms with van der Waals surface area (Å²) >= 11 is 5.41. The van der Waals surface area contributed by atoms with E-state index in [2.05, 4.69) is 43.9 Å². The minimum absolute atomic E-state index is 0.354. The molecule has 5 heteroatoms. The lowest BCUT2D eigenvalue weighted by Crippen LogP contribution is -2.20. The fourth-order valence-electron chi connectivity index (χ4n) is 2.17. The van der Waals surface area contributed by atoms with Gasteiger partial charge in [-0.05, 0) is 53.7 Å². The van der Waals surface area contributed by atoms with E-state index in [-0.39, 0.29) is 0 Å². The lowest BCUT2D eigenvalue weighted by molar-refractivity contribution is 0.489. The van der Waals surface area contributed by atoms with Crippen LogP contribution in [0.5, 0.6) is 0 Å². The molecule has 2 rings (SSSR count). The molecule has 0 bridgehead atoms. The topological polar surface area (TPSA) is 29.9 Å². The molecule has 0 aliphatic rings. The number of nitrogens with one attached hydrogen (secondary N) is 1. The van der Waals surface area contributed by atoms with Gasteiger partial charge in [0.1, 0.15) is 0 Å². The van der Waals surface area contributed by atoms with Crippen LogP contribution in [0.2, 0.25) is 0 Å². The summed E-state index contributed by atoms with van der Waals surface area (Å²) in [5, 5.41) is 9.80. The van der Waals surface area contributed by atoms with E-state index in [1.54, 1.807) is 0 Å². The van der Waals surface area contributed by atoms with E-state index < -0.39 is 0 Å². The van der Waals surface area contributed by atoms with Gasteiger partial charge in [-0.15, -0.1) is 11.3 Å². The van der Waals surface area contributed by atoms with Gasteiger partial charge >= 0.3 is 0 Å². The van der Waals surface area contributed by atoms with Gasteiger partial charge < -0.3 is 5.32 Å². The molecule has 18 heavy (non-hydrogen) atoms. The van der Waals surface area contributed by atoms with Crippen molar-refractivity contribution in [1.82, 2.24) is 15.1 Å². The highest BCUT2D eigenvalue weighted by molar-refractivity contribution is 9.10. The van der Waals surface area contributed by atoms with Crippen LogP contribution in [0.25, 0.3) is 0 Å². The van der Waals surface area contributed by atoms with Crippen molar-refractivity contribution in [3.05, 3.63) is 38.8 Å². The third kappa shape index (κ3) is 3.22. The molecule has 3 nitrogen and oxygen atoms in total. The standard InChI is InChI=1S/C13H18BrN3S/c1-15-12(13-11(14)9-16-17(13)2)7-3-5-10-6-4-8-18-10/h4,6,8-9,12,15H,3,5,7H2,1-2H3. The molecule has 0 aliphatic carbocycles. The van der Waals surface area contributed by atoms with Crippen LogP contribution < -0.4 is 5.32 Å². The van der Waals surface area contributed by atoms with Crippen LogP contribution in [-0.4, -0.2) is 16.8 Å². The summed E-state index contributed by atoms with van der Waals surface area (Å²) in [5.74, 6) is 0. The molecule has 0 amide bonds. The lowest BCUT2D eigenvalue weighted by Gasteiger charge is -2.17. The number of thiophene rings is 1. The highest BCUT2D eigenvalue weighted by atomic mass is 79.9. The Morgan fingerprint density at radius 3 is 2.94 bits per heavy atom. The van der Waals surface area contributed by atoms with Gasteiger partial charge in [-0.2, -0.15) is 5.10 Å². The number of halogens is 1. The first kappa shape index (κ1) is 13.8. The second kappa shape index (κ2) is 6.50. The summed E-state index contributed by atoms with van der Waals surface area (Å²) in [7, 11) is 4.00. The Bertz CT molecular complexity index is 459. The zero-order valence-electron chi connectivity index (χ0n) is 10.7. The van der Waals surface area contributed by atoms with Gasteiger partial charge in [0, 0.05) is 11.9 Å². The Labute approximate surface area is 120 Å². The molecule has 2 heterocycles. The van der Waals surface area contributed by atoms with Gasteiger partial charge in [0.2, 0.25) is 0 Å². The van der Waals surface area contributed by atoms with E-state index >= 15 is 0 Å². The second-order valence-electron chi connectivity index (χ2n) is 4.31. The predicted molar refractivity (Wildman–Crippen MR) is 80.0 cm³/mol. The third-order valence-corrected chi connectivity index (χ3v) is 4.66. The quantitative estimate of drug-likeness (QED) is 0.879. The van der Waals surface area contributed by atoms with Crippen LogP contribution in [0, 0.1) is 0 Å². The first-order valence-corrected chi connectivity index (χ1v) is 7.76. The molecule has 0 saturated carbocycles. The van der Waals surface area contributed by atoms with Crippen molar-refractivity contribution in [3.63, 3.8) is 0 Å². The first-order valence-electron chi connectivity index (χ1n) is 6.09. The summed E-state index contributed by atoms with van der Waals surface area (Å²) < 4.78 is 3.02. The molecular weight excluding hydrogens is 310 g/mol. The van der Waals surface area contributed by atoms with Crippen molar-refractivity contribution in [3.8, 4) is 0 Å². The van der Waals surface area contributed by atoms with E-state index in [1.807, 2.05) is 36.3 Å². The van der Waals surface area contributed by atoms with Gasteiger partial charge in [-0.25, -0.2) is 0 Å². The minimum atomic E-state index is 0.354. The van der Waals surface area contributed by atoms with Gasteiger partial charge in [-0.1, -0.05) is 6.07 Å². The molecule has 0 saturated heterocycles. The monoisotopic (exact) mass is 327 g/mol. The highest BCUT2D eigenvalue weighted by Crippen LogP contribution is 2.26. The fraction of sp³-hybridized carbons (Fsp3) is 0.462. The zero-order chi connectivity index (χ0) is 13.0. The Hall–Kier alpha value is -0.650. The van der Waals surface area contributed by atoms with Gasteiger partial charge in [0.25, 0.3) is 0 Å². The van der Waals surface area contributed by atoms with Crippen molar-refractivity contribution in [2.45, 2.75) is 25.3 Å². The van der Waals surface area contributed by atoms with Crippen LogP contribution >= 0.6 is 27.3 Å². The van der Waals surface area contributed by atoms with E-state index in [0.717, 1.165) is 17.3 Å². The maximum Gasteiger partial charge on any atom is 0.0692 e. The average Bonchev–Trinajstić information content (AvgIpc) is 2.97. The maximum atomic E-state index is 4.27. The SMILES string of the molecule is CNC(CCCc1cccs1)c1c(Br)cnn1C. The molecule has 0 radical (unpaired) electrons. The molecule has 1 atom stereocenters. The van der Waals surface area contributed by atoms with Crippen molar-refractivity contribution in [1.29, 1.82) is 0 Å². The van der Waals surface area contributed by atoms with Gasteiger partial charge in [-0.3, -0.25) is 4.68 Å². The molecule has 98 valence electrons. The molecule has 1 unspecified atom stereocenters. The van der Waals surface area contributed by atoms with Gasteiger partial charge in [0.05, 0.1) is 22.4 Å². The normalized spacial score (nSPS) is 12.8. The first-order chi connectivity index (χ1) is 8.72. The van der Waals surface area contributed by atoms with Crippen LogP contribution in [0.1, 0.15) is 29.5 Å². The van der Waals surface area contributed by atoms with Crippen LogP contribution in [0.4, 0.5) is 0 Å². The van der Waals surface area contributed by atoms with Crippen LogP contribution in [-0.2, 0) is 13.5 Å². The summed E-state index contributed by atoms with van der Waals surface area (Å²) in [5.41, 5.74) is 1.23. The largest absolute Gasteiger partial charge is 0.312 e. The molecule has 0 fully saturated rings. The zero-order valence-corrected chi connectivity index (χ0v) is 13.1. The summed E-state index contributed by atoms with van der Waals surface area (Å²) in [6.45, 7) is 0. The molecule has 0 aliphatic heterocycles. The van der Waals surface area contributed by atoms with Crippen LogP contribution in [0.3, 0.4) is 0 Å². The van der Waals surface area contributed by atoms with E-state index in [1.165, 1.54) is 17.0 Å². The Kier molecular flexibility index (Phi) is 4.97. The van der Waals surface area contributed by atoms with Crippen molar-refractivity contribution < 1.29 is 0 Å². The summed E-state index contributed by atoms with van der Waals surface area (Å²) in [6, 6.07) is 4.68. The van der Waals surface area contributed by atoms with E-state index in [4.69, 9.17) is 0 Å². The van der Waals surface area contributed by atoms with E-state index in [0.29, 0.717) is 6.04 Å². The lowest BCUT2D eigenvalue weighted by atomic mass is 10.1. The van der Waals surface area contributed by atoms with Crippen molar-refractivity contribution in [2.75, 3.05) is 7.05 Å². The summed E-state index contributed by atoms with van der Waals surface area (Å²) in [4.78, 5) is 1.47. The molecule has 2 aromatic rings. The number of rotatable bonds is 6. The third-order valence-electron chi connectivity index (χ3n) is 3.11. The second-order valence-corrected chi connectivity index (χ2v) is 6.20. The Morgan fingerprint density at radius 2 is 2.39 bits per heavy atom. The minimum Gasteiger partial charge on any atom is -0.312 e. The number of hydrogen-bond donors (Lipinski definition) is 1. The highest BCUT2D eigenvalue weighted by Gasteiger charge is 2.16. The number of hydrogen-bond acceptors (Lipinski definition) is 3. The number of aryl methyl sites for hydroxylation is 2. The van der Waals surface area contributed by atoms with Crippen molar-refractivity contribution >= 4 is 27.3 Å². The molecule has 0 aromatic carbocycles. The molecule has 2 aromatic heterocycles. The summed E-state index contributed by atoms with van der Waals surface area (Å²) in [6.07, 6.45) is 5.32. The Morgan fingerprint density at radius 1 is 1.56 bits per heavy atom. The average molecular weight is 328 g/mol. The van der Waals surface area contributed by atoms with E-state index in [9.17, 15) is 0 Å². The van der Waals surface area contributed by atoms with Crippen LogP contribution in [0.15, 0.2) is 28.2 Å². The fourth-order valence-corrected chi connectivity index (χ4v) is 3.54. The smallest absolute Gasteiger partial charge is 0.0692 e. The van der Waals surface area contributed by atoms with Crippen molar-refractivity contribution in [2.24, 2.45) is 7.05 Å². The molecule has 1 N–H and O–H groups in total. The van der Waals surface area contributed by atoms with Gasteiger partial charge in [0.15, 0.2) is 0 Å². The predicted octanol–water partition coefficient (Wildman–Crippen LogP) is 3.53. The molecular formula is C13H18BrN3S. The number of aromatic nitrogens is 2. The maximum absolute atomic E-state index is 4.27. The Balaban J connectivity index is 1.93. The number of nitrogens with zero attached hydrogens (tertiary/aromatic N) is 2.